The minimum absolute atomic E-state index is 0.0491. The molecule has 0 aromatic carbocycles. The van der Waals surface area contributed by atoms with Crippen LogP contribution in [0.3, 0.4) is 0 Å². The molecule has 0 heterocycles. The molecule has 0 radical (unpaired) electrons. The van der Waals surface area contributed by atoms with Gasteiger partial charge in [-0.1, -0.05) is 26.7 Å². The lowest BCUT2D eigenvalue weighted by Crippen LogP contribution is -2.46. The van der Waals surface area contributed by atoms with E-state index in [1.807, 2.05) is 6.92 Å². The molecule has 2 amide bonds. The summed E-state index contributed by atoms with van der Waals surface area (Å²) in [5.41, 5.74) is 5.08. The predicted octanol–water partition coefficient (Wildman–Crippen LogP) is 0.146. The van der Waals surface area contributed by atoms with E-state index in [9.17, 15) is 9.59 Å². The van der Waals surface area contributed by atoms with E-state index >= 15 is 0 Å². The van der Waals surface area contributed by atoms with Crippen molar-refractivity contribution in [3.8, 4) is 0 Å². The lowest BCUT2D eigenvalue weighted by atomic mass is 10.1. The molecule has 0 aliphatic carbocycles. The monoisotopic (exact) mass is 229 g/mol. The highest BCUT2D eigenvalue weighted by atomic mass is 16.2. The van der Waals surface area contributed by atoms with E-state index < -0.39 is 11.9 Å². The molecule has 5 nitrogen and oxygen atoms in total. The predicted molar refractivity (Wildman–Crippen MR) is 63.8 cm³/mol. The molecule has 1 unspecified atom stereocenters. The fourth-order valence-corrected chi connectivity index (χ4v) is 1.41. The van der Waals surface area contributed by atoms with E-state index in [1.165, 1.54) is 0 Å². The maximum absolute atomic E-state index is 11.7. The normalized spacial score (nSPS) is 12.1. The molecule has 94 valence electrons. The van der Waals surface area contributed by atoms with Crippen LogP contribution in [0, 0.1) is 0 Å². The van der Waals surface area contributed by atoms with Crippen molar-refractivity contribution >= 4 is 11.8 Å². The Labute approximate surface area is 97.2 Å². The van der Waals surface area contributed by atoms with E-state index in [0.717, 1.165) is 19.3 Å². The van der Waals surface area contributed by atoms with Gasteiger partial charge in [0.25, 0.3) is 0 Å². The number of carbonyl (C=O) groups is 2. The zero-order valence-corrected chi connectivity index (χ0v) is 10.2. The van der Waals surface area contributed by atoms with Gasteiger partial charge in [-0.3, -0.25) is 9.59 Å². The van der Waals surface area contributed by atoms with Crippen LogP contribution in [0.25, 0.3) is 0 Å². The molecule has 1 atom stereocenters. The largest absolute Gasteiger partial charge is 0.370 e. The molecule has 0 aromatic rings. The molecule has 0 fully saturated rings. The maximum Gasteiger partial charge on any atom is 0.237 e. The lowest BCUT2D eigenvalue weighted by Gasteiger charge is -2.15. The first kappa shape index (κ1) is 14.9. The van der Waals surface area contributed by atoms with Crippen LogP contribution in [0.15, 0.2) is 0 Å². The van der Waals surface area contributed by atoms with E-state index in [-0.39, 0.29) is 12.3 Å². The average Bonchev–Trinajstić information content (AvgIpc) is 2.23. The highest BCUT2D eigenvalue weighted by molar-refractivity contribution is 5.87. The Morgan fingerprint density at radius 2 is 1.94 bits per heavy atom. The molecular weight excluding hydrogens is 206 g/mol. The van der Waals surface area contributed by atoms with Gasteiger partial charge in [0.05, 0.1) is 12.5 Å². The van der Waals surface area contributed by atoms with Crippen molar-refractivity contribution in [2.24, 2.45) is 5.73 Å². The van der Waals surface area contributed by atoms with Crippen LogP contribution in [0.4, 0.5) is 0 Å². The number of unbranched alkanes of at least 4 members (excludes halogenated alkanes) is 2. The quantitative estimate of drug-likeness (QED) is 0.492. The fraction of sp³-hybridized carbons (Fsp3) is 0.818. The molecular formula is C11H23N3O2. The van der Waals surface area contributed by atoms with Crippen LogP contribution in [0.5, 0.6) is 0 Å². The zero-order chi connectivity index (χ0) is 12.4. The van der Waals surface area contributed by atoms with Gasteiger partial charge in [0.1, 0.15) is 0 Å². The summed E-state index contributed by atoms with van der Waals surface area (Å²) in [4.78, 5) is 22.4. The Morgan fingerprint density at radius 1 is 1.25 bits per heavy atom. The molecule has 0 saturated carbocycles. The number of hydrogen-bond donors (Lipinski definition) is 3. The van der Waals surface area contributed by atoms with Crippen LogP contribution in [-0.2, 0) is 9.59 Å². The number of likely N-dealkylation sites (N-methyl/N-ethyl adjacent to an activating group) is 1. The van der Waals surface area contributed by atoms with Gasteiger partial charge in [-0.15, -0.1) is 0 Å². The first-order chi connectivity index (χ1) is 7.61. The van der Waals surface area contributed by atoms with Crippen molar-refractivity contribution in [2.75, 3.05) is 13.1 Å². The molecule has 0 spiro atoms. The van der Waals surface area contributed by atoms with Crippen molar-refractivity contribution < 1.29 is 9.59 Å². The van der Waals surface area contributed by atoms with Crippen LogP contribution in [0.1, 0.15) is 39.5 Å². The van der Waals surface area contributed by atoms with E-state index in [1.54, 1.807) is 0 Å². The first-order valence-electron chi connectivity index (χ1n) is 5.91. The third kappa shape index (κ3) is 7.23. The molecule has 0 saturated heterocycles. The summed E-state index contributed by atoms with van der Waals surface area (Å²) in [5, 5.41) is 5.74. The topological polar surface area (TPSA) is 84.2 Å². The van der Waals surface area contributed by atoms with Crippen LogP contribution >= 0.6 is 0 Å². The van der Waals surface area contributed by atoms with E-state index in [0.29, 0.717) is 13.1 Å². The molecule has 0 rings (SSSR count). The number of amides is 2. The summed E-state index contributed by atoms with van der Waals surface area (Å²) < 4.78 is 0. The summed E-state index contributed by atoms with van der Waals surface area (Å²) in [5.74, 6) is -0.605. The summed E-state index contributed by atoms with van der Waals surface area (Å²) in [7, 11) is 0. The van der Waals surface area contributed by atoms with Gasteiger partial charge in [0, 0.05) is 6.54 Å². The second-order valence-electron chi connectivity index (χ2n) is 3.78. The summed E-state index contributed by atoms with van der Waals surface area (Å²) in [6.07, 6.45) is 3.24. The van der Waals surface area contributed by atoms with Crippen LogP contribution in [0.2, 0.25) is 0 Å². The Bertz CT molecular complexity index is 219. The third-order valence-electron chi connectivity index (χ3n) is 2.25. The second-order valence-corrected chi connectivity index (χ2v) is 3.78. The summed E-state index contributed by atoms with van der Waals surface area (Å²) in [6.45, 7) is 5.29. The minimum atomic E-state index is -0.496. The van der Waals surface area contributed by atoms with Gasteiger partial charge in [0.15, 0.2) is 0 Å². The van der Waals surface area contributed by atoms with Gasteiger partial charge in [0.2, 0.25) is 11.8 Å². The first-order valence-corrected chi connectivity index (χ1v) is 5.91. The third-order valence-corrected chi connectivity index (χ3v) is 2.25. The van der Waals surface area contributed by atoms with Gasteiger partial charge < -0.3 is 16.4 Å². The average molecular weight is 229 g/mol. The van der Waals surface area contributed by atoms with Gasteiger partial charge >= 0.3 is 0 Å². The molecule has 5 heteroatoms. The van der Waals surface area contributed by atoms with Crippen LogP contribution < -0.4 is 16.4 Å². The van der Waals surface area contributed by atoms with Crippen molar-refractivity contribution in [1.29, 1.82) is 0 Å². The second kappa shape index (κ2) is 9.15. The molecule has 0 aliphatic heterocycles. The van der Waals surface area contributed by atoms with Crippen molar-refractivity contribution in [1.82, 2.24) is 10.6 Å². The van der Waals surface area contributed by atoms with Gasteiger partial charge in [-0.25, -0.2) is 0 Å². The SMILES string of the molecule is CCCCCNC(=O)C(CC(N)=O)NCC. The Morgan fingerprint density at radius 3 is 2.44 bits per heavy atom. The maximum atomic E-state index is 11.7. The Kier molecular flexibility index (Phi) is 8.52. The van der Waals surface area contributed by atoms with Crippen LogP contribution in [-0.4, -0.2) is 30.9 Å². The highest BCUT2D eigenvalue weighted by Gasteiger charge is 2.18. The van der Waals surface area contributed by atoms with E-state index in [2.05, 4.69) is 17.6 Å². The van der Waals surface area contributed by atoms with Crippen molar-refractivity contribution in [2.45, 2.75) is 45.6 Å². The Balaban J connectivity index is 3.91. The molecule has 0 aliphatic rings. The molecule has 4 N–H and O–H groups in total. The van der Waals surface area contributed by atoms with Crippen molar-refractivity contribution in [3.63, 3.8) is 0 Å². The standard InChI is InChI=1S/C11H23N3O2/c1-3-5-6-7-14-11(16)9(13-4-2)8-10(12)15/h9,13H,3-8H2,1-2H3,(H2,12,15)(H,14,16). The zero-order valence-electron chi connectivity index (χ0n) is 10.2. The van der Waals surface area contributed by atoms with Gasteiger partial charge in [-0.2, -0.15) is 0 Å². The number of carbonyl (C=O) groups excluding carboxylic acids is 2. The summed E-state index contributed by atoms with van der Waals surface area (Å²) >= 11 is 0. The highest BCUT2D eigenvalue weighted by Crippen LogP contribution is 1.94. The number of nitrogens with two attached hydrogens (primary N) is 1. The van der Waals surface area contributed by atoms with E-state index in [4.69, 9.17) is 5.73 Å². The summed E-state index contributed by atoms with van der Waals surface area (Å²) in [6, 6.07) is -0.496. The lowest BCUT2D eigenvalue weighted by molar-refractivity contribution is -0.127. The smallest absolute Gasteiger partial charge is 0.237 e. The molecule has 0 bridgehead atoms. The van der Waals surface area contributed by atoms with Crippen molar-refractivity contribution in [3.05, 3.63) is 0 Å². The minimum Gasteiger partial charge on any atom is -0.370 e. The number of primary amides is 1. The number of rotatable bonds is 9. The molecule has 0 aromatic heterocycles. The van der Waals surface area contributed by atoms with Gasteiger partial charge in [-0.05, 0) is 13.0 Å². The number of hydrogen-bond acceptors (Lipinski definition) is 3. The molecule has 16 heavy (non-hydrogen) atoms. The fourth-order valence-electron chi connectivity index (χ4n) is 1.41. The Hall–Kier alpha value is -1.10. The number of nitrogens with one attached hydrogen (secondary N) is 2.